The third kappa shape index (κ3) is 3.31. The van der Waals surface area contributed by atoms with E-state index in [0.29, 0.717) is 5.92 Å². The number of ether oxygens (including phenoxy) is 1. The van der Waals surface area contributed by atoms with Gasteiger partial charge in [-0.3, -0.25) is 9.97 Å². The van der Waals surface area contributed by atoms with Crippen LogP contribution in [0, 0.1) is 12.8 Å². The largest absolute Gasteiger partial charge is 0.381 e. The monoisotopic (exact) mass is 438 g/mol. The molecule has 0 bridgehead atoms. The van der Waals surface area contributed by atoms with Gasteiger partial charge >= 0.3 is 0 Å². The van der Waals surface area contributed by atoms with E-state index in [1.54, 1.807) is 0 Å². The highest BCUT2D eigenvalue weighted by atomic mass is 16.5. The third-order valence-corrected chi connectivity index (χ3v) is 6.84. The van der Waals surface area contributed by atoms with Crippen LogP contribution in [0.5, 0.6) is 0 Å². The minimum Gasteiger partial charge on any atom is -0.381 e. The number of hydrogen-bond acceptors (Lipinski definition) is 5. The Morgan fingerprint density at radius 1 is 1.03 bits per heavy atom. The third-order valence-electron chi connectivity index (χ3n) is 6.84. The smallest absolute Gasteiger partial charge is 0.0976 e. The number of fused-ring (bicyclic) bond motifs is 3. The van der Waals surface area contributed by atoms with Crippen LogP contribution >= 0.6 is 0 Å². The lowest BCUT2D eigenvalue weighted by molar-refractivity contribution is 0.0553. The molecule has 0 spiro atoms. The van der Waals surface area contributed by atoms with E-state index in [9.17, 15) is 0 Å². The molecule has 6 rings (SSSR count). The van der Waals surface area contributed by atoms with Crippen molar-refractivity contribution in [2.45, 2.75) is 25.8 Å². The number of rotatable bonds is 4. The average molecular weight is 439 g/mol. The highest BCUT2D eigenvalue weighted by molar-refractivity contribution is 6.06. The van der Waals surface area contributed by atoms with Gasteiger partial charge in [-0.15, -0.1) is 5.10 Å². The van der Waals surface area contributed by atoms with Gasteiger partial charge in [0.1, 0.15) is 0 Å². The van der Waals surface area contributed by atoms with E-state index < -0.39 is 0 Å². The molecule has 0 saturated carbocycles. The molecule has 1 aliphatic heterocycles. The molecule has 4 aromatic heterocycles. The van der Waals surface area contributed by atoms with Gasteiger partial charge in [0.25, 0.3) is 0 Å². The highest BCUT2D eigenvalue weighted by Crippen LogP contribution is 2.40. The molecule has 1 aromatic carbocycles. The molecule has 5 aromatic rings. The van der Waals surface area contributed by atoms with Gasteiger partial charge in [0.15, 0.2) is 0 Å². The fourth-order valence-electron chi connectivity index (χ4n) is 5.35. The first-order chi connectivity index (χ1) is 16.2. The average Bonchev–Trinajstić information content (AvgIpc) is 3.37. The van der Waals surface area contributed by atoms with Gasteiger partial charge < -0.3 is 9.30 Å². The first kappa shape index (κ1) is 20.1. The minimum atomic E-state index is 0.181. The zero-order chi connectivity index (χ0) is 22.4. The number of hydrogen-bond donors (Lipinski definition) is 0. The second-order valence-electron chi connectivity index (χ2n) is 8.81. The first-order valence-electron chi connectivity index (χ1n) is 11.5. The molecule has 1 fully saturated rings. The predicted molar refractivity (Wildman–Crippen MR) is 128 cm³/mol. The SMILES string of the molecule is Cc1nnn(C)c1-c1cnc2c3cnccc3n([C@H](c3ccccc3)C3CCOCC3)c2c1. The van der Waals surface area contributed by atoms with Crippen LogP contribution in [-0.4, -0.2) is 42.7 Å². The second kappa shape index (κ2) is 8.08. The van der Waals surface area contributed by atoms with Crippen LogP contribution in [0.1, 0.15) is 30.1 Å². The van der Waals surface area contributed by atoms with E-state index in [1.165, 1.54) is 5.56 Å². The van der Waals surface area contributed by atoms with Crippen molar-refractivity contribution < 1.29 is 4.74 Å². The topological polar surface area (TPSA) is 70.7 Å². The molecule has 0 aliphatic carbocycles. The van der Waals surface area contributed by atoms with Crippen LogP contribution in [0.4, 0.5) is 0 Å². The van der Waals surface area contributed by atoms with Crippen molar-refractivity contribution in [2.75, 3.05) is 13.2 Å². The van der Waals surface area contributed by atoms with Crippen LogP contribution in [-0.2, 0) is 11.8 Å². The number of aromatic nitrogens is 6. The number of pyridine rings is 2. The zero-order valence-corrected chi connectivity index (χ0v) is 18.8. The standard InChI is InChI=1S/C26H26N6O/c1-17-25(31(2)30-29-17)20-14-23-24(28-15-20)21-16-27-11-8-22(21)32(23)26(18-6-4-3-5-7-18)19-9-12-33-13-10-19/h3-8,11,14-16,19,26H,9-10,12-13H2,1-2H3/t26-/m1/s1. The first-order valence-corrected chi connectivity index (χ1v) is 11.5. The van der Waals surface area contributed by atoms with Crippen molar-refractivity contribution in [3.8, 4) is 11.3 Å². The molecule has 166 valence electrons. The van der Waals surface area contributed by atoms with Crippen molar-refractivity contribution in [1.82, 2.24) is 29.5 Å². The van der Waals surface area contributed by atoms with Crippen molar-refractivity contribution in [2.24, 2.45) is 13.0 Å². The van der Waals surface area contributed by atoms with Gasteiger partial charge in [0.05, 0.1) is 34.0 Å². The Bertz CT molecular complexity index is 1410. The van der Waals surface area contributed by atoms with E-state index >= 15 is 0 Å². The number of benzene rings is 1. The predicted octanol–water partition coefficient (Wildman–Crippen LogP) is 4.70. The molecule has 0 amide bonds. The van der Waals surface area contributed by atoms with Gasteiger partial charge in [-0.1, -0.05) is 35.5 Å². The van der Waals surface area contributed by atoms with E-state index in [2.05, 4.69) is 62.3 Å². The maximum Gasteiger partial charge on any atom is 0.0976 e. The van der Waals surface area contributed by atoms with Crippen LogP contribution in [0.25, 0.3) is 33.2 Å². The summed E-state index contributed by atoms with van der Waals surface area (Å²) in [6.07, 6.45) is 7.80. The summed E-state index contributed by atoms with van der Waals surface area (Å²) in [6, 6.07) is 15.4. The molecular weight excluding hydrogens is 412 g/mol. The van der Waals surface area contributed by atoms with Crippen LogP contribution in [0.2, 0.25) is 0 Å². The normalized spacial score (nSPS) is 15.9. The maximum absolute atomic E-state index is 5.72. The van der Waals surface area contributed by atoms with Crippen LogP contribution < -0.4 is 0 Å². The molecule has 0 unspecified atom stereocenters. The van der Waals surface area contributed by atoms with E-state index in [4.69, 9.17) is 9.72 Å². The summed E-state index contributed by atoms with van der Waals surface area (Å²) in [6.45, 7) is 3.59. The summed E-state index contributed by atoms with van der Waals surface area (Å²) in [4.78, 5) is 9.36. The minimum absolute atomic E-state index is 0.181. The van der Waals surface area contributed by atoms with Gasteiger partial charge in [-0.05, 0) is 43.4 Å². The van der Waals surface area contributed by atoms with Crippen LogP contribution in [0.3, 0.4) is 0 Å². The van der Waals surface area contributed by atoms with E-state index in [0.717, 1.165) is 64.9 Å². The van der Waals surface area contributed by atoms with Crippen molar-refractivity contribution >= 4 is 21.9 Å². The summed E-state index contributed by atoms with van der Waals surface area (Å²) in [5, 5.41) is 9.53. The molecule has 7 heteroatoms. The summed E-state index contributed by atoms with van der Waals surface area (Å²) in [5.41, 5.74) is 7.45. The lowest BCUT2D eigenvalue weighted by Crippen LogP contribution is -2.26. The number of aryl methyl sites for hydroxylation is 2. The van der Waals surface area contributed by atoms with Crippen molar-refractivity contribution in [3.63, 3.8) is 0 Å². The second-order valence-corrected chi connectivity index (χ2v) is 8.81. The molecule has 0 N–H and O–H groups in total. The van der Waals surface area contributed by atoms with Crippen LogP contribution in [0.15, 0.2) is 61.1 Å². The molecule has 7 nitrogen and oxygen atoms in total. The fourth-order valence-corrected chi connectivity index (χ4v) is 5.35. The molecule has 0 radical (unpaired) electrons. The highest BCUT2D eigenvalue weighted by Gasteiger charge is 2.30. The summed E-state index contributed by atoms with van der Waals surface area (Å²) >= 11 is 0. The summed E-state index contributed by atoms with van der Waals surface area (Å²) < 4.78 is 10.0. The lowest BCUT2D eigenvalue weighted by Gasteiger charge is -2.33. The zero-order valence-electron chi connectivity index (χ0n) is 18.8. The lowest BCUT2D eigenvalue weighted by atomic mass is 9.86. The fraction of sp³-hybridized carbons (Fsp3) is 0.308. The molecule has 5 heterocycles. The van der Waals surface area contributed by atoms with Crippen molar-refractivity contribution in [1.29, 1.82) is 0 Å². The van der Waals surface area contributed by atoms with E-state index in [-0.39, 0.29) is 6.04 Å². The quantitative estimate of drug-likeness (QED) is 0.407. The van der Waals surface area contributed by atoms with Gasteiger partial charge in [0, 0.05) is 49.8 Å². The Morgan fingerprint density at radius 3 is 2.61 bits per heavy atom. The number of nitrogens with zero attached hydrogens (tertiary/aromatic N) is 6. The summed E-state index contributed by atoms with van der Waals surface area (Å²) in [5.74, 6) is 0.469. The Hall–Kier alpha value is -3.58. The Morgan fingerprint density at radius 2 is 1.85 bits per heavy atom. The Labute approximate surface area is 192 Å². The molecule has 1 saturated heterocycles. The maximum atomic E-state index is 5.72. The molecule has 1 aliphatic rings. The van der Waals surface area contributed by atoms with Gasteiger partial charge in [0.2, 0.25) is 0 Å². The summed E-state index contributed by atoms with van der Waals surface area (Å²) in [7, 11) is 1.92. The Balaban J connectivity index is 1.65. The van der Waals surface area contributed by atoms with Gasteiger partial charge in [-0.2, -0.15) is 0 Å². The Kier molecular flexibility index (Phi) is 4.91. The molecule has 1 atom stereocenters. The van der Waals surface area contributed by atoms with Gasteiger partial charge in [-0.25, -0.2) is 4.68 Å². The van der Waals surface area contributed by atoms with Crippen molar-refractivity contribution in [3.05, 3.63) is 72.3 Å². The van der Waals surface area contributed by atoms with E-state index in [1.807, 2.05) is 37.2 Å². The molecular formula is C26H26N6O. The molecule has 33 heavy (non-hydrogen) atoms.